The first kappa shape index (κ1) is 16.8. The number of ether oxygens (including phenoxy) is 1. The summed E-state index contributed by atoms with van der Waals surface area (Å²) >= 11 is 0. The van der Waals surface area contributed by atoms with Crippen LogP contribution in [0.25, 0.3) is 28.1 Å². The Morgan fingerprint density at radius 2 is 1.78 bits per heavy atom. The Morgan fingerprint density at radius 3 is 2.52 bits per heavy atom. The highest BCUT2D eigenvalue weighted by atomic mass is 16.5. The van der Waals surface area contributed by atoms with Gasteiger partial charge < -0.3 is 9.72 Å². The molecular formula is C22H19N3O2. The quantitative estimate of drug-likeness (QED) is 0.579. The molecule has 0 radical (unpaired) electrons. The van der Waals surface area contributed by atoms with Gasteiger partial charge in [-0.1, -0.05) is 30.3 Å². The summed E-state index contributed by atoms with van der Waals surface area (Å²) in [7, 11) is 0. The third-order valence-corrected chi connectivity index (χ3v) is 4.32. The fourth-order valence-corrected chi connectivity index (χ4v) is 3.03. The predicted molar refractivity (Wildman–Crippen MR) is 106 cm³/mol. The number of H-pyrrole nitrogens is 1. The van der Waals surface area contributed by atoms with E-state index < -0.39 is 0 Å². The van der Waals surface area contributed by atoms with Gasteiger partial charge in [-0.15, -0.1) is 0 Å². The van der Waals surface area contributed by atoms with Gasteiger partial charge in [0.05, 0.1) is 29.7 Å². The normalized spacial score (nSPS) is 10.7. The predicted octanol–water partition coefficient (Wildman–Crippen LogP) is 4.29. The summed E-state index contributed by atoms with van der Waals surface area (Å²) in [5, 5.41) is 4.39. The molecule has 5 heteroatoms. The highest BCUT2D eigenvalue weighted by Crippen LogP contribution is 2.26. The van der Waals surface area contributed by atoms with Crippen molar-refractivity contribution in [1.29, 1.82) is 0 Å². The zero-order chi connectivity index (χ0) is 18.6. The molecule has 0 saturated heterocycles. The molecule has 2 heterocycles. The first-order valence-electron chi connectivity index (χ1n) is 8.82. The Labute approximate surface area is 156 Å². The van der Waals surface area contributed by atoms with E-state index in [-0.39, 0.29) is 5.56 Å². The molecule has 0 amide bonds. The Balaban J connectivity index is 1.77. The number of hydrogen-bond acceptors (Lipinski definition) is 3. The Morgan fingerprint density at radius 1 is 1.00 bits per heavy atom. The summed E-state index contributed by atoms with van der Waals surface area (Å²) in [6, 6.07) is 21.3. The monoisotopic (exact) mass is 357 g/mol. The van der Waals surface area contributed by atoms with Crippen LogP contribution in [0.3, 0.4) is 0 Å². The SMILES string of the molecule is CCOc1ccc(-c2c[nH]c(=O)c(-c3ccnn3-c3ccccc3)c2)cc1. The highest BCUT2D eigenvalue weighted by Gasteiger charge is 2.12. The van der Waals surface area contributed by atoms with Gasteiger partial charge in [0.25, 0.3) is 5.56 Å². The zero-order valence-corrected chi connectivity index (χ0v) is 14.9. The van der Waals surface area contributed by atoms with Gasteiger partial charge in [-0.2, -0.15) is 5.10 Å². The molecule has 4 rings (SSSR count). The third kappa shape index (κ3) is 3.40. The van der Waals surface area contributed by atoms with E-state index >= 15 is 0 Å². The summed E-state index contributed by atoms with van der Waals surface area (Å²) in [6.07, 6.45) is 3.43. The van der Waals surface area contributed by atoms with Crippen LogP contribution in [0.5, 0.6) is 5.75 Å². The van der Waals surface area contributed by atoms with Gasteiger partial charge in [0.15, 0.2) is 0 Å². The van der Waals surface area contributed by atoms with Gasteiger partial charge in [0.2, 0.25) is 0 Å². The number of pyridine rings is 1. The maximum Gasteiger partial charge on any atom is 0.257 e. The molecule has 5 nitrogen and oxygen atoms in total. The minimum Gasteiger partial charge on any atom is -0.494 e. The molecule has 134 valence electrons. The number of aromatic amines is 1. The average Bonchev–Trinajstić information content (AvgIpc) is 3.20. The summed E-state index contributed by atoms with van der Waals surface area (Å²) in [5.41, 5.74) is 4.00. The van der Waals surface area contributed by atoms with E-state index in [0.717, 1.165) is 28.3 Å². The number of nitrogens with one attached hydrogen (secondary N) is 1. The molecule has 27 heavy (non-hydrogen) atoms. The molecule has 2 aromatic heterocycles. The first-order valence-corrected chi connectivity index (χ1v) is 8.82. The van der Waals surface area contributed by atoms with Gasteiger partial charge in [-0.3, -0.25) is 4.79 Å². The van der Waals surface area contributed by atoms with Crippen LogP contribution >= 0.6 is 0 Å². The molecule has 0 aliphatic rings. The Hall–Kier alpha value is -3.60. The van der Waals surface area contributed by atoms with Crippen LogP contribution in [0.4, 0.5) is 0 Å². The summed E-state index contributed by atoms with van der Waals surface area (Å²) in [5.74, 6) is 0.827. The number of rotatable bonds is 5. The zero-order valence-electron chi connectivity index (χ0n) is 14.9. The number of para-hydroxylation sites is 1. The summed E-state index contributed by atoms with van der Waals surface area (Å²) < 4.78 is 7.26. The van der Waals surface area contributed by atoms with Crippen LogP contribution in [0.1, 0.15) is 6.92 Å². The van der Waals surface area contributed by atoms with E-state index in [2.05, 4.69) is 10.1 Å². The van der Waals surface area contributed by atoms with Crippen LogP contribution in [0, 0.1) is 0 Å². The third-order valence-electron chi connectivity index (χ3n) is 4.32. The molecule has 0 unspecified atom stereocenters. The van der Waals surface area contributed by atoms with Crippen molar-refractivity contribution in [2.24, 2.45) is 0 Å². The maximum atomic E-state index is 12.5. The van der Waals surface area contributed by atoms with Crippen molar-refractivity contribution in [3.63, 3.8) is 0 Å². The molecule has 0 saturated carbocycles. The minimum atomic E-state index is -0.151. The van der Waals surface area contributed by atoms with Crippen molar-refractivity contribution in [2.45, 2.75) is 6.92 Å². The molecule has 2 aromatic carbocycles. The number of nitrogens with zero attached hydrogens (tertiary/aromatic N) is 2. The molecule has 0 spiro atoms. The van der Waals surface area contributed by atoms with Crippen molar-refractivity contribution in [3.05, 3.63) is 89.5 Å². The molecular weight excluding hydrogens is 338 g/mol. The Kier molecular flexibility index (Phi) is 4.58. The number of aromatic nitrogens is 3. The largest absolute Gasteiger partial charge is 0.494 e. The molecule has 0 fully saturated rings. The lowest BCUT2D eigenvalue weighted by molar-refractivity contribution is 0.340. The summed E-state index contributed by atoms with van der Waals surface area (Å²) in [4.78, 5) is 15.4. The molecule has 1 N–H and O–H groups in total. The van der Waals surface area contributed by atoms with Crippen LogP contribution in [0.15, 0.2) is 83.9 Å². The molecule has 0 atom stereocenters. The molecule has 0 aliphatic carbocycles. The van der Waals surface area contributed by atoms with E-state index in [9.17, 15) is 4.79 Å². The van der Waals surface area contributed by atoms with Gasteiger partial charge >= 0.3 is 0 Å². The van der Waals surface area contributed by atoms with E-state index in [1.54, 1.807) is 17.1 Å². The molecule has 0 aliphatic heterocycles. The van der Waals surface area contributed by atoms with Gasteiger partial charge in [-0.05, 0) is 54.4 Å². The maximum absolute atomic E-state index is 12.5. The number of benzene rings is 2. The van der Waals surface area contributed by atoms with Crippen LogP contribution in [0.2, 0.25) is 0 Å². The topological polar surface area (TPSA) is 59.9 Å². The fourth-order valence-electron chi connectivity index (χ4n) is 3.03. The van der Waals surface area contributed by atoms with Crippen molar-refractivity contribution in [2.75, 3.05) is 6.61 Å². The summed E-state index contributed by atoms with van der Waals surface area (Å²) in [6.45, 7) is 2.59. The van der Waals surface area contributed by atoms with Crippen LogP contribution in [-0.4, -0.2) is 21.4 Å². The van der Waals surface area contributed by atoms with Gasteiger partial charge in [0.1, 0.15) is 5.75 Å². The van der Waals surface area contributed by atoms with E-state index in [1.165, 1.54) is 0 Å². The van der Waals surface area contributed by atoms with Crippen molar-refractivity contribution in [3.8, 4) is 33.8 Å². The second-order valence-corrected chi connectivity index (χ2v) is 6.05. The van der Waals surface area contributed by atoms with E-state index in [1.807, 2.05) is 73.7 Å². The second-order valence-electron chi connectivity index (χ2n) is 6.05. The molecule has 4 aromatic rings. The lowest BCUT2D eigenvalue weighted by Crippen LogP contribution is -2.11. The van der Waals surface area contributed by atoms with Gasteiger partial charge in [0, 0.05) is 6.20 Å². The lowest BCUT2D eigenvalue weighted by atomic mass is 10.0. The Bertz CT molecular complexity index is 1100. The van der Waals surface area contributed by atoms with Crippen molar-refractivity contribution < 1.29 is 4.74 Å². The molecule has 0 bridgehead atoms. The van der Waals surface area contributed by atoms with E-state index in [0.29, 0.717) is 12.2 Å². The fraction of sp³-hybridized carbons (Fsp3) is 0.0909. The van der Waals surface area contributed by atoms with Crippen LogP contribution in [-0.2, 0) is 0 Å². The van der Waals surface area contributed by atoms with Crippen LogP contribution < -0.4 is 10.3 Å². The first-order chi connectivity index (χ1) is 13.3. The standard InChI is InChI=1S/C22H19N3O2/c1-2-27-19-10-8-16(9-11-19)17-14-20(22(26)23-15-17)21-12-13-24-25(21)18-6-4-3-5-7-18/h3-15H,2H2,1H3,(H,23,26). The highest BCUT2D eigenvalue weighted by molar-refractivity contribution is 5.71. The number of hydrogen-bond donors (Lipinski definition) is 1. The van der Waals surface area contributed by atoms with Gasteiger partial charge in [-0.25, -0.2) is 4.68 Å². The van der Waals surface area contributed by atoms with Crippen molar-refractivity contribution in [1.82, 2.24) is 14.8 Å². The minimum absolute atomic E-state index is 0.151. The van der Waals surface area contributed by atoms with Crippen molar-refractivity contribution >= 4 is 0 Å². The smallest absolute Gasteiger partial charge is 0.257 e. The lowest BCUT2D eigenvalue weighted by Gasteiger charge is -2.09. The van der Waals surface area contributed by atoms with E-state index in [4.69, 9.17) is 4.74 Å². The average molecular weight is 357 g/mol. The second kappa shape index (κ2) is 7.33.